The number of fused-ring (bicyclic) bond motifs is 1. The van der Waals surface area contributed by atoms with E-state index in [2.05, 4.69) is 37.2 Å². The summed E-state index contributed by atoms with van der Waals surface area (Å²) in [6, 6.07) is 4.90. The van der Waals surface area contributed by atoms with E-state index in [1.54, 1.807) is 6.07 Å². The summed E-state index contributed by atoms with van der Waals surface area (Å²) in [4.78, 5) is 4.66. The number of benzene rings is 1. The van der Waals surface area contributed by atoms with Crippen molar-refractivity contribution < 1.29 is 4.39 Å². The molecular weight excluding hydrogens is 241 g/mol. The Morgan fingerprint density at radius 2 is 1.95 bits per heavy atom. The molecular formula is C15H22FN3. The fourth-order valence-corrected chi connectivity index (χ4v) is 2.51. The van der Waals surface area contributed by atoms with E-state index in [0.29, 0.717) is 0 Å². The number of hydrogen-bond acceptors (Lipinski definition) is 2. The highest BCUT2D eigenvalue weighted by Gasteiger charge is 2.30. The highest BCUT2D eigenvalue weighted by molar-refractivity contribution is 5.76. The Hall–Kier alpha value is -1.42. The number of hydrogen-bond donors (Lipinski definition) is 1. The van der Waals surface area contributed by atoms with E-state index in [4.69, 9.17) is 5.73 Å². The van der Waals surface area contributed by atoms with Crippen LogP contribution in [0.25, 0.3) is 11.0 Å². The molecule has 19 heavy (non-hydrogen) atoms. The van der Waals surface area contributed by atoms with Crippen LogP contribution in [0.2, 0.25) is 0 Å². The summed E-state index contributed by atoms with van der Waals surface area (Å²) in [5.41, 5.74) is 7.65. The van der Waals surface area contributed by atoms with Gasteiger partial charge in [-0.1, -0.05) is 13.8 Å². The zero-order chi connectivity index (χ0) is 14.2. The highest BCUT2D eigenvalue weighted by Crippen LogP contribution is 2.31. The molecule has 0 spiro atoms. The molecule has 3 nitrogen and oxygen atoms in total. The van der Waals surface area contributed by atoms with Gasteiger partial charge in [0.15, 0.2) is 0 Å². The molecule has 4 heteroatoms. The van der Waals surface area contributed by atoms with Gasteiger partial charge in [0.2, 0.25) is 0 Å². The smallest absolute Gasteiger partial charge is 0.130 e. The Morgan fingerprint density at radius 3 is 2.47 bits per heavy atom. The van der Waals surface area contributed by atoms with Crippen LogP contribution in [-0.4, -0.2) is 9.55 Å². The third kappa shape index (κ3) is 2.25. The molecule has 2 rings (SSSR count). The number of nitrogens with two attached hydrogens (primary N) is 1. The zero-order valence-corrected chi connectivity index (χ0v) is 12.1. The first-order valence-electron chi connectivity index (χ1n) is 6.89. The van der Waals surface area contributed by atoms with Crippen LogP contribution in [0.1, 0.15) is 52.4 Å². The van der Waals surface area contributed by atoms with Crippen molar-refractivity contribution in [3.8, 4) is 0 Å². The van der Waals surface area contributed by atoms with Crippen LogP contribution >= 0.6 is 0 Å². The van der Waals surface area contributed by atoms with Gasteiger partial charge in [0.1, 0.15) is 11.6 Å². The summed E-state index contributed by atoms with van der Waals surface area (Å²) in [5.74, 6) is 0.615. The average Bonchev–Trinajstić information content (AvgIpc) is 2.76. The Kier molecular flexibility index (Phi) is 3.63. The number of rotatable bonds is 4. The Morgan fingerprint density at radius 1 is 1.32 bits per heavy atom. The first-order valence-corrected chi connectivity index (χ1v) is 6.89. The molecule has 0 atom stereocenters. The van der Waals surface area contributed by atoms with Crippen LogP contribution in [0.3, 0.4) is 0 Å². The summed E-state index contributed by atoms with van der Waals surface area (Å²) in [5, 5.41) is 0. The van der Waals surface area contributed by atoms with E-state index < -0.39 is 5.54 Å². The van der Waals surface area contributed by atoms with Crippen molar-refractivity contribution in [2.45, 2.75) is 52.1 Å². The second-order valence-electron chi connectivity index (χ2n) is 5.40. The van der Waals surface area contributed by atoms with E-state index in [9.17, 15) is 4.39 Å². The van der Waals surface area contributed by atoms with E-state index in [1.165, 1.54) is 12.1 Å². The van der Waals surface area contributed by atoms with Crippen LogP contribution in [0.4, 0.5) is 4.39 Å². The van der Waals surface area contributed by atoms with Gasteiger partial charge in [0.05, 0.1) is 16.6 Å². The van der Waals surface area contributed by atoms with E-state index in [0.717, 1.165) is 29.7 Å². The fourth-order valence-electron chi connectivity index (χ4n) is 2.51. The molecule has 0 amide bonds. The van der Waals surface area contributed by atoms with Crippen molar-refractivity contribution in [2.24, 2.45) is 5.73 Å². The third-order valence-electron chi connectivity index (χ3n) is 3.88. The van der Waals surface area contributed by atoms with Crippen molar-refractivity contribution in [2.75, 3.05) is 0 Å². The molecule has 0 fully saturated rings. The molecule has 1 aromatic heterocycles. The molecule has 0 aliphatic carbocycles. The summed E-state index contributed by atoms with van der Waals surface area (Å²) >= 11 is 0. The molecule has 1 aromatic carbocycles. The lowest BCUT2D eigenvalue weighted by Gasteiger charge is -2.28. The monoisotopic (exact) mass is 263 g/mol. The maximum absolute atomic E-state index is 13.5. The largest absolute Gasteiger partial charge is 0.324 e. The molecule has 2 aromatic rings. The van der Waals surface area contributed by atoms with Crippen LogP contribution in [0.15, 0.2) is 18.2 Å². The second-order valence-corrected chi connectivity index (χ2v) is 5.40. The van der Waals surface area contributed by atoms with Gasteiger partial charge in [0.25, 0.3) is 0 Å². The summed E-state index contributed by atoms with van der Waals surface area (Å²) in [6.45, 7) is 8.27. The van der Waals surface area contributed by atoms with Crippen molar-refractivity contribution >= 4 is 11.0 Å². The van der Waals surface area contributed by atoms with Crippen molar-refractivity contribution in [1.29, 1.82) is 0 Å². The predicted octanol–water partition coefficient (Wildman–Crippen LogP) is 3.73. The quantitative estimate of drug-likeness (QED) is 0.913. The number of nitrogens with zero attached hydrogens (tertiary/aromatic N) is 2. The Balaban J connectivity index is 2.77. The maximum atomic E-state index is 13.5. The minimum atomic E-state index is -0.459. The predicted molar refractivity (Wildman–Crippen MR) is 76.5 cm³/mol. The normalized spacial score (nSPS) is 12.6. The van der Waals surface area contributed by atoms with Crippen LogP contribution in [0, 0.1) is 5.82 Å². The minimum absolute atomic E-state index is 0.197. The van der Waals surface area contributed by atoms with E-state index in [1.807, 2.05) is 0 Å². The van der Waals surface area contributed by atoms with Gasteiger partial charge in [-0.15, -0.1) is 0 Å². The zero-order valence-electron chi connectivity index (χ0n) is 12.1. The van der Waals surface area contributed by atoms with Crippen molar-refractivity contribution in [3.63, 3.8) is 0 Å². The molecule has 0 saturated carbocycles. The summed E-state index contributed by atoms with van der Waals surface area (Å²) in [6.07, 6.45) is 1.62. The minimum Gasteiger partial charge on any atom is -0.324 e. The van der Waals surface area contributed by atoms with Gasteiger partial charge in [-0.05, 0) is 44.9 Å². The molecule has 0 radical (unpaired) electrons. The molecule has 0 saturated heterocycles. The Bertz CT molecular complexity index is 582. The maximum Gasteiger partial charge on any atom is 0.130 e. The Labute approximate surface area is 113 Å². The van der Waals surface area contributed by atoms with Gasteiger partial charge in [-0.2, -0.15) is 0 Å². The molecule has 0 unspecified atom stereocenters. The summed E-state index contributed by atoms with van der Waals surface area (Å²) in [7, 11) is 0. The van der Waals surface area contributed by atoms with Crippen molar-refractivity contribution in [1.82, 2.24) is 9.55 Å². The number of imidazole rings is 1. The lowest BCUT2D eigenvalue weighted by atomic mass is 9.93. The molecule has 104 valence electrons. The van der Waals surface area contributed by atoms with Gasteiger partial charge < -0.3 is 10.3 Å². The molecule has 0 aliphatic heterocycles. The van der Waals surface area contributed by atoms with Crippen LogP contribution in [0.5, 0.6) is 0 Å². The van der Waals surface area contributed by atoms with E-state index in [-0.39, 0.29) is 11.9 Å². The highest BCUT2D eigenvalue weighted by atomic mass is 19.1. The topological polar surface area (TPSA) is 43.8 Å². The molecule has 0 bridgehead atoms. The van der Waals surface area contributed by atoms with Gasteiger partial charge in [-0.25, -0.2) is 9.37 Å². The number of aromatic nitrogens is 2. The molecule has 0 aliphatic rings. The van der Waals surface area contributed by atoms with Crippen LogP contribution < -0.4 is 5.73 Å². The van der Waals surface area contributed by atoms with Gasteiger partial charge in [0, 0.05) is 6.04 Å². The van der Waals surface area contributed by atoms with Gasteiger partial charge in [-0.3, -0.25) is 0 Å². The first-order chi connectivity index (χ1) is 8.92. The lowest BCUT2D eigenvalue weighted by molar-refractivity contribution is 0.362. The van der Waals surface area contributed by atoms with Crippen molar-refractivity contribution in [3.05, 3.63) is 29.8 Å². The standard InChI is InChI=1S/C15H22FN3/c1-5-15(17,6-2)14-18-12-8-7-11(16)9-13(12)19(14)10(3)4/h7-10H,5-6,17H2,1-4H3. The lowest BCUT2D eigenvalue weighted by Crippen LogP contribution is -2.38. The summed E-state index contributed by atoms with van der Waals surface area (Å²) < 4.78 is 15.5. The average molecular weight is 263 g/mol. The van der Waals surface area contributed by atoms with E-state index >= 15 is 0 Å². The second kappa shape index (κ2) is 4.93. The SMILES string of the molecule is CCC(N)(CC)c1nc2ccc(F)cc2n1C(C)C. The third-order valence-corrected chi connectivity index (χ3v) is 3.88. The molecule has 2 N–H and O–H groups in total. The first kappa shape index (κ1) is 14.0. The molecule has 1 heterocycles. The van der Waals surface area contributed by atoms with Crippen LogP contribution in [-0.2, 0) is 5.54 Å². The van der Waals surface area contributed by atoms with Gasteiger partial charge >= 0.3 is 0 Å². The fraction of sp³-hybridized carbons (Fsp3) is 0.533. The number of halogens is 1.